The number of nitrogens with one attached hydrogen (secondary N) is 1. The highest BCUT2D eigenvalue weighted by atomic mass is 32.1. The Morgan fingerprint density at radius 3 is 2.43 bits per heavy atom. The molecule has 0 aliphatic heterocycles. The minimum absolute atomic E-state index is 0.461. The number of hydrogen-bond acceptors (Lipinski definition) is 5. The van der Waals surface area contributed by atoms with E-state index >= 15 is 0 Å². The van der Waals surface area contributed by atoms with Crippen molar-refractivity contribution >= 4 is 34.1 Å². The average Bonchev–Trinajstić information content (AvgIpc) is 3.41. The molecule has 0 atom stereocenters. The van der Waals surface area contributed by atoms with E-state index in [0.29, 0.717) is 11.9 Å². The van der Waals surface area contributed by atoms with Gasteiger partial charge in [-0.2, -0.15) is 4.98 Å². The molecule has 2 aromatic heterocycles. The second-order valence-electron chi connectivity index (χ2n) is 7.51. The molecule has 0 radical (unpaired) electrons. The number of oxazole rings is 1. The van der Waals surface area contributed by atoms with Crippen LogP contribution < -0.4 is 5.32 Å². The fourth-order valence-corrected chi connectivity index (χ4v) is 4.16. The summed E-state index contributed by atoms with van der Waals surface area (Å²) >= 11 is 1.66. The maximum Gasteiger partial charge on any atom is 0.300 e. The second kappa shape index (κ2) is 7.76. The fraction of sp³-hybridized carbons (Fsp3) is 0.120. The van der Waals surface area contributed by atoms with Crippen molar-refractivity contribution in [3.05, 3.63) is 83.7 Å². The first kappa shape index (κ1) is 18.6. The quantitative estimate of drug-likeness (QED) is 0.325. The first-order valence-electron chi connectivity index (χ1n) is 9.94. The number of rotatable bonds is 5. The van der Waals surface area contributed by atoms with Crippen molar-refractivity contribution < 1.29 is 4.42 Å². The molecule has 0 aliphatic rings. The molecule has 0 amide bonds. The van der Waals surface area contributed by atoms with Gasteiger partial charge in [-0.1, -0.05) is 62.4 Å². The summed E-state index contributed by atoms with van der Waals surface area (Å²) < 4.78 is 5.84. The van der Waals surface area contributed by atoms with Crippen LogP contribution in [-0.2, 0) is 0 Å². The summed E-state index contributed by atoms with van der Waals surface area (Å²) in [6.07, 6.45) is 0. The van der Waals surface area contributed by atoms with E-state index in [-0.39, 0.29) is 0 Å². The number of nitrogens with zero attached hydrogens (tertiary/aromatic N) is 2. The molecule has 0 saturated carbocycles. The van der Waals surface area contributed by atoms with E-state index in [1.165, 1.54) is 5.56 Å². The van der Waals surface area contributed by atoms with Gasteiger partial charge in [-0.25, -0.2) is 4.98 Å². The molecule has 0 aliphatic carbocycles. The summed E-state index contributed by atoms with van der Waals surface area (Å²) in [6, 6.07) is 25.1. The average molecular weight is 412 g/mol. The Bertz CT molecular complexity index is 1290. The van der Waals surface area contributed by atoms with Crippen LogP contribution >= 0.6 is 11.3 Å². The van der Waals surface area contributed by atoms with E-state index in [0.717, 1.165) is 38.6 Å². The van der Waals surface area contributed by atoms with Crippen LogP contribution in [0, 0.1) is 0 Å². The number of fused-ring (bicyclic) bond motifs is 1. The molecular weight excluding hydrogens is 390 g/mol. The molecule has 3 aromatic carbocycles. The number of benzene rings is 3. The lowest BCUT2D eigenvalue weighted by atomic mass is 10.0. The van der Waals surface area contributed by atoms with Gasteiger partial charge < -0.3 is 9.73 Å². The first-order valence-corrected chi connectivity index (χ1v) is 10.8. The summed E-state index contributed by atoms with van der Waals surface area (Å²) in [5.74, 6) is 0.461. The number of aromatic nitrogens is 2. The highest BCUT2D eigenvalue weighted by Crippen LogP contribution is 2.30. The third kappa shape index (κ3) is 3.72. The third-order valence-electron chi connectivity index (χ3n) is 5.04. The van der Waals surface area contributed by atoms with Gasteiger partial charge in [-0.05, 0) is 35.7 Å². The molecule has 0 bridgehead atoms. The van der Waals surface area contributed by atoms with Gasteiger partial charge in [0.1, 0.15) is 10.5 Å². The van der Waals surface area contributed by atoms with Gasteiger partial charge >= 0.3 is 0 Å². The zero-order chi connectivity index (χ0) is 20.5. The lowest BCUT2D eigenvalue weighted by molar-refractivity contribution is 0.623. The number of hydrogen-bond donors (Lipinski definition) is 1. The molecule has 0 fully saturated rings. The molecule has 0 unspecified atom stereocenters. The van der Waals surface area contributed by atoms with Crippen LogP contribution in [0.2, 0.25) is 0 Å². The molecule has 5 rings (SSSR count). The minimum Gasteiger partial charge on any atom is -0.423 e. The molecule has 1 N–H and O–H groups in total. The predicted octanol–water partition coefficient (Wildman–Crippen LogP) is 7.49. The number of thiazole rings is 1. The summed E-state index contributed by atoms with van der Waals surface area (Å²) in [4.78, 5) is 9.36. The van der Waals surface area contributed by atoms with Crippen LogP contribution in [-0.4, -0.2) is 9.97 Å². The van der Waals surface area contributed by atoms with Crippen LogP contribution in [0.3, 0.4) is 0 Å². The van der Waals surface area contributed by atoms with Gasteiger partial charge in [0.15, 0.2) is 5.58 Å². The second-order valence-corrected chi connectivity index (χ2v) is 8.37. The van der Waals surface area contributed by atoms with Crippen molar-refractivity contribution in [3.63, 3.8) is 0 Å². The van der Waals surface area contributed by atoms with Crippen molar-refractivity contribution in [3.8, 4) is 21.8 Å². The monoisotopic (exact) mass is 411 g/mol. The Kier molecular flexibility index (Phi) is 4.81. The molecule has 2 heterocycles. The lowest BCUT2D eigenvalue weighted by Gasteiger charge is -2.03. The summed E-state index contributed by atoms with van der Waals surface area (Å²) in [7, 11) is 0. The Morgan fingerprint density at radius 2 is 1.67 bits per heavy atom. The molecule has 5 heteroatoms. The summed E-state index contributed by atoms with van der Waals surface area (Å²) in [5.41, 5.74) is 7.04. The Hall–Kier alpha value is -3.44. The normalized spacial score (nSPS) is 11.3. The predicted molar refractivity (Wildman–Crippen MR) is 124 cm³/mol. The van der Waals surface area contributed by atoms with E-state index < -0.39 is 0 Å². The van der Waals surface area contributed by atoms with Crippen LogP contribution in [0.15, 0.2) is 82.6 Å². The number of anilines is 2. The van der Waals surface area contributed by atoms with Crippen molar-refractivity contribution in [2.45, 2.75) is 19.8 Å². The molecule has 5 aromatic rings. The van der Waals surface area contributed by atoms with Crippen molar-refractivity contribution in [1.29, 1.82) is 0 Å². The fourth-order valence-electron chi connectivity index (χ4n) is 3.32. The standard InChI is InChI=1S/C25H21N3OS/c1-16(2)19-10-13-23-21(14-19)28-25(29-23)26-20-11-8-17(9-12-20)22-15-30-24(27-22)18-6-4-3-5-7-18/h3-16H,1-2H3,(H,26,28). The van der Waals surface area contributed by atoms with Gasteiger partial charge in [0.2, 0.25) is 0 Å². The van der Waals surface area contributed by atoms with Crippen molar-refractivity contribution in [2.24, 2.45) is 0 Å². The summed E-state index contributed by atoms with van der Waals surface area (Å²) in [5, 5.41) is 6.38. The summed E-state index contributed by atoms with van der Waals surface area (Å²) in [6.45, 7) is 4.35. The van der Waals surface area contributed by atoms with Crippen LogP contribution in [0.4, 0.5) is 11.7 Å². The van der Waals surface area contributed by atoms with Crippen LogP contribution in [0.1, 0.15) is 25.3 Å². The Morgan fingerprint density at radius 1 is 0.867 bits per heavy atom. The van der Waals surface area contributed by atoms with Gasteiger partial charge in [0.05, 0.1) is 5.69 Å². The lowest BCUT2D eigenvalue weighted by Crippen LogP contribution is -1.90. The van der Waals surface area contributed by atoms with E-state index in [1.807, 2.05) is 36.4 Å². The topological polar surface area (TPSA) is 51.0 Å². The van der Waals surface area contributed by atoms with E-state index in [9.17, 15) is 0 Å². The molecule has 4 nitrogen and oxygen atoms in total. The zero-order valence-corrected chi connectivity index (χ0v) is 17.6. The highest BCUT2D eigenvalue weighted by molar-refractivity contribution is 7.13. The molecule has 0 saturated heterocycles. The van der Waals surface area contributed by atoms with E-state index in [4.69, 9.17) is 9.40 Å². The molecule has 0 spiro atoms. The van der Waals surface area contributed by atoms with Crippen molar-refractivity contribution in [2.75, 3.05) is 5.32 Å². The largest absolute Gasteiger partial charge is 0.423 e. The zero-order valence-electron chi connectivity index (χ0n) is 16.8. The SMILES string of the molecule is CC(C)c1ccc2oc(Nc3ccc(-c4csc(-c5ccccc5)n4)cc3)nc2c1. The third-order valence-corrected chi connectivity index (χ3v) is 5.93. The highest BCUT2D eigenvalue weighted by Gasteiger charge is 2.10. The molecule has 148 valence electrons. The molecular formula is C25H21N3OS. The van der Waals surface area contributed by atoms with Crippen molar-refractivity contribution in [1.82, 2.24) is 9.97 Å². The maximum absolute atomic E-state index is 5.84. The van der Waals surface area contributed by atoms with E-state index in [2.05, 4.69) is 65.9 Å². The van der Waals surface area contributed by atoms with Gasteiger partial charge in [-0.15, -0.1) is 11.3 Å². The van der Waals surface area contributed by atoms with Gasteiger partial charge in [0.25, 0.3) is 6.01 Å². The molecule has 30 heavy (non-hydrogen) atoms. The smallest absolute Gasteiger partial charge is 0.300 e. The first-order chi connectivity index (χ1) is 14.7. The minimum atomic E-state index is 0.461. The van der Waals surface area contributed by atoms with Gasteiger partial charge in [-0.3, -0.25) is 0 Å². The Labute approximate surface area is 179 Å². The Balaban J connectivity index is 1.34. The van der Waals surface area contributed by atoms with Crippen LogP contribution in [0.25, 0.3) is 32.9 Å². The van der Waals surface area contributed by atoms with E-state index in [1.54, 1.807) is 11.3 Å². The van der Waals surface area contributed by atoms with Gasteiger partial charge in [0, 0.05) is 22.2 Å². The van der Waals surface area contributed by atoms with Crippen LogP contribution in [0.5, 0.6) is 0 Å². The maximum atomic E-state index is 5.84.